The van der Waals surface area contributed by atoms with E-state index in [0.29, 0.717) is 6.61 Å². The molecular weight excluding hydrogens is 202 g/mol. The van der Waals surface area contributed by atoms with Gasteiger partial charge < -0.3 is 15.2 Å². The zero-order valence-electron chi connectivity index (χ0n) is 10.2. The molecule has 3 nitrogen and oxygen atoms in total. The Morgan fingerprint density at radius 3 is 2.75 bits per heavy atom. The van der Waals surface area contributed by atoms with E-state index in [-0.39, 0.29) is 18.6 Å². The van der Waals surface area contributed by atoms with Gasteiger partial charge in [0.25, 0.3) is 0 Å². The summed E-state index contributed by atoms with van der Waals surface area (Å²) in [6, 6.07) is 8.17. The molecule has 2 atom stereocenters. The number of hydrogen-bond acceptors (Lipinski definition) is 3. The normalized spacial score (nSPS) is 14.5. The highest BCUT2D eigenvalue weighted by molar-refractivity contribution is 5.46. The molecule has 0 amide bonds. The standard InChI is InChI=1S/C13H21NO2/c1-10-5-4-6-12(7-10)14-13(8-15)11(2)9-16-3/h4-7,11,13-15H,8-9H2,1-3H3. The number of methoxy groups -OCH3 is 1. The number of nitrogens with one attached hydrogen (secondary N) is 1. The molecule has 1 rings (SSSR count). The van der Waals surface area contributed by atoms with E-state index in [9.17, 15) is 5.11 Å². The molecule has 1 aromatic carbocycles. The number of aliphatic hydroxyl groups excluding tert-OH is 1. The van der Waals surface area contributed by atoms with E-state index in [0.717, 1.165) is 5.69 Å². The molecule has 2 N–H and O–H groups in total. The summed E-state index contributed by atoms with van der Waals surface area (Å²) in [6.45, 7) is 4.87. The highest BCUT2D eigenvalue weighted by atomic mass is 16.5. The van der Waals surface area contributed by atoms with Crippen molar-refractivity contribution in [2.75, 3.05) is 25.6 Å². The fourth-order valence-electron chi connectivity index (χ4n) is 1.70. The molecule has 0 radical (unpaired) electrons. The van der Waals surface area contributed by atoms with Crippen LogP contribution in [0, 0.1) is 12.8 Å². The molecule has 0 aromatic heterocycles. The van der Waals surface area contributed by atoms with E-state index in [1.165, 1.54) is 5.56 Å². The lowest BCUT2D eigenvalue weighted by Crippen LogP contribution is -2.33. The van der Waals surface area contributed by atoms with Crippen LogP contribution in [0.4, 0.5) is 5.69 Å². The van der Waals surface area contributed by atoms with E-state index in [4.69, 9.17) is 4.74 Å². The van der Waals surface area contributed by atoms with Gasteiger partial charge in [0, 0.05) is 18.7 Å². The molecular formula is C13H21NO2. The van der Waals surface area contributed by atoms with Crippen LogP contribution in [0.25, 0.3) is 0 Å². The van der Waals surface area contributed by atoms with E-state index < -0.39 is 0 Å². The van der Waals surface area contributed by atoms with Crippen molar-refractivity contribution in [3.63, 3.8) is 0 Å². The third-order valence-electron chi connectivity index (χ3n) is 2.68. The van der Waals surface area contributed by atoms with Gasteiger partial charge in [-0.05, 0) is 24.6 Å². The molecule has 0 aliphatic carbocycles. The summed E-state index contributed by atoms with van der Waals surface area (Å²) in [7, 11) is 1.68. The molecule has 90 valence electrons. The minimum atomic E-state index is 0.0294. The summed E-state index contributed by atoms with van der Waals surface area (Å²) >= 11 is 0. The van der Waals surface area contributed by atoms with Crippen LogP contribution in [0.15, 0.2) is 24.3 Å². The monoisotopic (exact) mass is 223 g/mol. The molecule has 1 aromatic rings. The summed E-state index contributed by atoms with van der Waals surface area (Å²) in [4.78, 5) is 0. The smallest absolute Gasteiger partial charge is 0.0636 e. The first-order chi connectivity index (χ1) is 7.67. The zero-order chi connectivity index (χ0) is 12.0. The second kappa shape index (κ2) is 6.51. The first-order valence-corrected chi connectivity index (χ1v) is 5.60. The fourth-order valence-corrected chi connectivity index (χ4v) is 1.70. The Morgan fingerprint density at radius 1 is 1.44 bits per heavy atom. The van der Waals surface area contributed by atoms with Gasteiger partial charge in [-0.15, -0.1) is 0 Å². The Balaban J connectivity index is 2.62. The lowest BCUT2D eigenvalue weighted by molar-refractivity contribution is 0.132. The average Bonchev–Trinajstić information content (AvgIpc) is 2.26. The van der Waals surface area contributed by atoms with Crippen LogP contribution in [0.5, 0.6) is 0 Å². The van der Waals surface area contributed by atoms with Gasteiger partial charge in [-0.3, -0.25) is 0 Å². The topological polar surface area (TPSA) is 41.5 Å². The number of anilines is 1. The molecule has 0 aliphatic heterocycles. The van der Waals surface area contributed by atoms with Gasteiger partial charge in [-0.2, -0.15) is 0 Å². The molecule has 0 spiro atoms. The van der Waals surface area contributed by atoms with Crippen LogP contribution in [0.1, 0.15) is 12.5 Å². The fraction of sp³-hybridized carbons (Fsp3) is 0.538. The highest BCUT2D eigenvalue weighted by Gasteiger charge is 2.15. The quantitative estimate of drug-likeness (QED) is 0.775. The molecule has 3 heteroatoms. The first-order valence-electron chi connectivity index (χ1n) is 5.60. The SMILES string of the molecule is COCC(C)C(CO)Nc1cccc(C)c1. The van der Waals surface area contributed by atoms with E-state index in [1.807, 2.05) is 12.1 Å². The second-order valence-electron chi connectivity index (χ2n) is 4.24. The Bertz CT molecular complexity index is 315. The molecule has 2 unspecified atom stereocenters. The number of aliphatic hydroxyl groups is 1. The van der Waals surface area contributed by atoms with Crippen molar-refractivity contribution in [2.45, 2.75) is 19.9 Å². The summed E-state index contributed by atoms with van der Waals surface area (Å²) in [5.74, 6) is 0.274. The zero-order valence-corrected chi connectivity index (χ0v) is 10.2. The number of rotatable bonds is 6. The molecule has 0 heterocycles. The second-order valence-corrected chi connectivity index (χ2v) is 4.24. The summed E-state index contributed by atoms with van der Waals surface area (Å²) in [5, 5.41) is 12.7. The maximum atomic E-state index is 9.34. The van der Waals surface area contributed by atoms with Crippen molar-refractivity contribution in [3.8, 4) is 0 Å². The lowest BCUT2D eigenvalue weighted by atomic mass is 10.0. The van der Waals surface area contributed by atoms with Crippen LogP contribution in [-0.4, -0.2) is 31.5 Å². The van der Waals surface area contributed by atoms with Gasteiger partial charge in [0.15, 0.2) is 0 Å². The minimum absolute atomic E-state index is 0.0294. The maximum absolute atomic E-state index is 9.34. The van der Waals surface area contributed by atoms with E-state index in [2.05, 4.69) is 31.3 Å². The van der Waals surface area contributed by atoms with Crippen molar-refractivity contribution in [1.82, 2.24) is 0 Å². The third-order valence-corrected chi connectivity index (χ3v) is 2.68. The number of hydrogen-bond donors (Lipinski definition) is 2. The molecule has 0 bridgehead atoms. The van der Waals surface area contributed by atoms with Gasteiger partial charge in [-0.1, -0.05) is 19.1 Å². The molecule has 0 saturated heterocycles. The molecule has 0 aliphatic rings. The van der Waals surface area contributed by atoms with Crippen molar-refractivity contribution in [3.05, 3.63) is 29.8 Å². The predicted molar refractivity (Wildman–Crippen MR) is 66.7 cm³/mol. The van der Waals surface area contributed by atoms with Crippen LogP contribution >= 0.6 is 0 Å². The van der Waals surface area contributed by atoms with Gasteiger partial charge >= 0.3 is 0 Å². The number of aryl methyl sites for hydroxylation is 1. The highest BCUT2D eigenvalue weighted by Crippen LogP contribution is 2.14. The predicted octanol–water partition coefficient (Wildman–Crippen LogP) is 2.05. The van der Waals surface area contributed by atoms with Crippen LogP contribution in [0.3, 0.4) is 0 Å². The molecule has 0 fully saturated rings. The van der Waals surface area contributed by atoms with Gasteiger partial charge in [0.2, 0.25) is 0 Å². The van der Waals surface area contributed by atoms with Crippen molar-refractivity contribution >= 4 is 5.69 Å². The van der Waals surface area contributed by atoms with Crippen molar-refractivity contribution in [1.29, 1.82) is 0 Å². The van der Waals surface area contributed by atoms with Crippen molar-refractivity contribution in [2.24, 2.45) is 5.92 Å². The summed E-state index contributed by atoms with van der Waals surface area (Å²) in [6.07, 6.45) is 0. The Morgan fingerprint density at radius 2 is 2.19 bits per heavy atom. The molecule has 16 heavy (non-hydrogen) atoms. The van der Waals surface area contributed by atoms with Crippen LogP contribution in [-0.2, 0) is 4.74 Å². The molecule has 0 saturated carbocycles. The first kappa shape index (κ1) is 13.0. The Kier molecular flexibility index (Phi) is 5.29. The average molecular weight is 223 g/mol. The summed E-state index contributed by atoms with van der Waals surface area (Å²) < 4.78 is 5.10. The largest absolute Gasteiger partial charge is 0.394 e. The van der Waals surface area contributed by atoms with Gasteiger partial charge in [0.1, 0.15) is 0 Å². The van der Waals surface area contributed by atoms with Crippen LogP contribution < -0.4 is 5.32 Å². The Hall–Kier alpha value is -1.06. The lowest BCUT2D eigenvalue weighted by Gasteiger charge is -2.23. The summed E-state index contributed by atoms with van der Waals surface area (Å²) in [5.41, 5.74) is 2.25. The van der Waals surface area contributed by atoms with Gasteiger partial charge in [-0.25, -0.2) is 0 Å². The number of ether oxygens (including phenoxy) is 1. The van der Waals surface area contributed by atoms with Crippen LogP contribution in [0.2, 0.25) is 0 Å². The van der Waals surface area contributed by atoms with E-state index in [1.54, 1.807) is 7.11 Å². The van der Waals surface area contributed by atoms with E-state index >= 15 is 0 Å². The van der Waals surface area contributed by atoms with Gasteiger partial charge in [0.05, 0.1) is 19.3 Å². The minimum Gasteiger partial charge on any atom is -0.394 e. The number of benzene rings is 1. The Labute approximate surface area is 97.4 Å². The maximum Gasteiger partial charge on any atom is 0.0636 e. The third kappa shape index (κ3) is 3.83. The van der Waals surface area contributed by atoms with Crippen molar-refractivity contribution < 1.29 is 9.84 Å².